The molecule has 0 aliphatic carbocycles. The predicted molar refractivity (Wildman–Crippen MR) is 135 cm³/mol. The standard InChI is InChI=1S/C25H47O3PS/c1-8-12-18-29(19-13-9-2,20-14-10-3,21-15-11-4)28-30(26,27)25-17-16-22(5)23(6)24(25)7/h16-17H,8-15,18-21H2,1-7H3. The molecule has 1 aromatic carbocycles. The minimum atomic E-state index is -3.81. The van der Waals surface area contributed by atoms with Crippen molar-refractivity contribution in [2.45, 2.75) is 105 Å². The number of benzene rings is 1. The average Bonchev–Trinajstić information content (AvgIpc) is 2.72. The predicted octanol–water partition coefficient (Wildman–Crippen LogP) is 7.99. The molecule has 0 aliphatic rings. The molecule has 0 fully saturated rings. The van der Waals surface area contributed by atoms with Gasteiger partial charge in [-0.15, -0.1) is 0 Å². The number of unbranched alkanes of at least 4 members (excludes halogenated alkanes) is 4. The fraction of sp³-hybridized carbons (Fsp3) is 0.760. The van der Waals surface area contributed by atoms with Crippen LogP contribution in [-0.4, -0.2) is 33.1 Å². The number of rotatable bonds is 15. The Morgan fingerprint density at radius 2 is 1.10 bits per heavy atom. The molecule has 0 heterocycles. The Bertz CT molecular complexity index is 727. The van der Waals surface area contributed by atoms with Crippen LogP contribution in [0.4, 0.5) is 0 Å². The van der Waals surface area contributed by atoms with Gasteiger partial charge in [-0.3, -0.25) is 0 Å². The van der Waals surface area contributed by atoms with E-state index in [0.717, 1.165) is 92.7 Å². The summed E-state index contributed by atoms with van der Waals surface area (Å²) < 4.78 is 34.3. The van der Waals surface area contributed by atoms with E-state index in [2.05, 4.69) is 27.7 Å². The van der Waals surface area contributed by atoms with Crippen LogP contribution < -0.4 is 0 Å². The summed E-state index contributed by atoms with van der Waals surface area (Å²) >= 11 is 0. The molecular weight excluding hydrogens is 411 g/mol. The van der Waals surface area contributed by atoms with Crippen molar-refractivity contribution in [3.63, 3.8) is 0 Å². The zero-order valence-electron chi connectivity index (χ0n) is 20.7. The molecule has 0 aliphatic heterocycles. The molecule has 0 saturated heterocycles. The van der Waals surface area contributed by atoms with Crippen LogP contribution in [0.2, 0.25) is 0 Å². The summed E-state index contributed by atoms with van der Waals surface area (Å²) in [7, 11) is -3.81. The van der Waals surface area contributed by atoms with Crippen LogP contribution in [0.25, 0.3) is 0 Å². The van der Waals surface area contributed by atoms with E-state index in [1.54, 1.807) is 6.07 Å². The van der Waals surface area contributed by atoms with Crippen molar-refractivity contribution >= 4 is 16.9 Å². The first-order valence-electron chi connectivity index (χ1n) is 12.1. The minimum absolute atomic E-state index is 0.376. The molecule has 0 bridgehead atoms. The zero-order chi connectivity index (χ0) is 22.9. The van der Waals surface area contributed by atoms with Crippen molar-refractivity contribution in [1.29, 1.82) is 0 Å². The second kappa shape index (κ2) is 12.0. The molecule has 5 heteroatoms. The summed E-state index contributed by atoms with van der Waals surface area (Å²) in [5, 5.41) is 0. The first kappa shape index (κ1) is 27.6. The fourth-order valence-electron chi connectivity index (χ4n) is 4.57. The van der Waals surface area contributed by atoms with Gasteiger partial charge in [-0.05, 0) is 0 Å². The Kier molecular flexibility index (Phi) is 11.0. The molecule has 0 unspecified atom stereocenters. The van der Waals surface area contributed by atoms with E-state index in [1.165, 1.54) is 0 Å². The molecular formula is C25H47O3PS. The van der Waals surface area contributed by atoms with Gasteiger partial charge in [-0.1, -0.05) is 0 Å². The molecule has 0 amide bonds. The van der Waals surface area contributed by atoms with Crippen molar-refractivity contribution in [3.05, 3.63) is 28.8 Å². The molecule has 0 radical (unpaired) electrons. The number of hydrogen-bond donors (Lipinski definition) is 0. The van der Waals surface area contributed by atoms with Gasteiger partial charge in [0.15, 0.2) is 0 Å². The topological polar surface area (TPSA) is 43.4 Å². The summed E-state index contributed by atoms with van der Waals surface area (Å²) in [6.45, 7) is 11.9. The Labute approximate surface area is 187 Å². The molecule has 0 atom stereocenters. The van der Waals surface area contributed by atoms with Gasteiger partial charge in [0.2, 0.25) is 0 Å². The van der Waals surface area contributed by atoms with Gasteiger partial charge in [0.05, 0.1) is 0 Å². The van der Waals surface area contributed by atoms with Gasteiger partial charge in [-0.25, -0.2) is 0 Å². The first-order chi connectivity index (χ1) is 14.1. The van der Waals surface area contributed by atoms with Gasteiger partial charge in [0, 0.05) is 0 Å². The quantitative estimate of drug-likeness (QED) is 0.250. The van der Waals surface area contributed by atoms with Gasteiger partial charge in [0.1, 0.15) is 0 Å². The van der Waals surface area contributed by atoms with Crippen LogP contribution >= 0.6 is 6.83 Å². The molecule has 1 rings (SSSR count). The Morgan fingerprint density at radius 1 is 0.700 bits per heavy atom. The van der Waals surface area contributed by atoms with Crippen molar-refractivity contribution in [3.8, 4) is 0 Å². The van der Waals surface area contributed by atoms with Crippen LogP contribution in [-0.2, 0) is 14.1 Å². The number of hydrogen-bond acceptors (Lipinski definition) is 3. The third kappa shape index (κ3) is 6.78. The van der Waals surface area contributed by atoms with Gasteiger partial charge in [0.25, 0.3) is 0 Å². The van der Waals surface area contributed by atoms with Crippen molar-refractivity contribution in [1.82, 2.24) is 0 Å². The van der Waals surface area contributed by atoms with Gasteiger partial charge in [-0.2, -0.15) is 0 Å². The van der Waals surface area contributed by atoms with E-state index in [0.29, 0.717) is 4.90 Å². The molecule has 176 valence electrons. The monoisotopic (exact) mass is 458 g/mol. The number of aryl methyl sites for hydroxylation is 1. The first-order valence-corrected chi connectivity index (χ1v) is 16.4. The van der Waals surface area contributed by atoms with Crippen molar-refractivity contribution < 1.29 is 12.4 Å². The molecule has 0 spiro atoms. The fourth-order valence-corrected chi connectivity index (χ4v) is 14.9. The van der Waals surface area contributed by atoms with E-state index in [9.17, 15) is 8.42 Å². The molecule has 0 saturated carbocycles. The van der Waals surface area contributed by atoms with Crippen LogP contribution in [0.15, 0.2) is 17.0 Å². The molecule has 3 nitrogen and oxygen atoms in total. The van der Waals surface area contributed by atoms with E-state index in [-0.39, 0.29) is 0 Å². The van der Waals surface area contributed by atoms with Crippen molar-refractivity contribution in [2.75, 3.05) is 24.6 Å². The third-order valence-electron chi connectivity index (χ3n) is 6.90. The summed E-state index contributed by atoms with van der Waals surface area (Å²) in [5.74, 6) is 0. The van der Waals surface area contributed by atoms with Crippen LogP contribution in [0.3, 0.4) is 0 Å². The molecule has 30 heavy (non-hydrogen) atoms. The third-order valence-corrected chi connectivity index (χ3v) is 16.1. The van der Waals surface area contributed by atoms with E-state index >= 15 is 0 Å². The summed E-state index contributed by atoms with van der Waals surface area (Å²) in [6.07, 6.45) is 12.3. The van der Waals surface area contributed by atoms with Gasteiger partial charge >= 0.3 is 188 Å². The summed E-state index contributed by atoms with van der Waals surface area (Å²) in [5.41, 5.74) is 3.01. The van der Waals surface area contributed by atoms with Crippen LogP contribution in [0.5, 0.6) is 0 Å². The maximum absolute atomic E-state index is 13.8. The second-order valence-electron chi connectivity index (χ2n) is 9.33. The average molecular weight is 459 g/mol. The summed E-state index contributed by atoms with van der Waals surface area (Å²) in [4.78, 5) is 0.376. The SMILES string of the molecule is CCCCP(CCCC)(CCCC)(CCCC)OS(=O)(=O)c1ccc(C)c(C)c1C. The Morgan fingerprint density at radius 3 is 1.47 bits per heavy atom. The Hall–Kier alpha value is -0.440. The van der Waals surface area contributed by atoms with E-state index in [1.807, 2.05) is 26.8 Å². The molecule has 0 N–H and O–H groups in total. The molecule has 0 aromatic heterocycles. The Balaban J connectivity index is 3.62. The summed E-state index contributed by atoms with van der Waals surface area (Å²) in [6, 6.07) is 3.68. The van der Waals surface area contributed by atoms with Crippen molar-refractivity contribution in [2.24, 2.45) is 0 Å². The van der Waals surface area contributed by atoms with E-state index < -0.39 is 16.9 Å². The second-order valence-corrected chi connectivity index (χ2v) is 16.8. The van der Waals surface area contributed by atoms with Crippen LogP contribution in [0, 0.1) is 20.8 Å². The zero-order valence-corrected chi connectivity index (χ0v) is 22.4. The van der Waals surface area contributed by atoms with E-state index in [4.69, 9.17) is 3.97 Å². The van der Waals surface area contributed by atoms with Gasteiger partial charge < -0.3 is 0 Å². The normalized spacial score (nSPS) is 13.9. The molecule has 1 aromatic rings. The van der Waals surface area contributed by atoms with Crippen LogP contribution in [0.1, 0.15) is 95.8 Å². The maximum atomic E-state index is 13.8.